The zero-order valence-corrected chi connectivity index (χ0v) is 16.4. The molecule has 0 fully saturated rings. The van der Waals surface area contributed by atoms with Gasteiger partial charge in [-0.3, -0.25) is 4.79 Å². The molecule has 0 spiro atoms. The maximum Gasteiger partial charge on any atom is 0.460 e. The summed E-state index contributed by atoms with van der Waals surface area (Å²) in [6, 6.07) is 0. The molecule has 1 atom stereocenters. The predicted octanol–water partition coefficient (Wildman–Crippen LogP) is 6.47. The number of carbonyl (C=O) groups is 1. The van der Waals surface area contributed by atoms with E-state index in [1.54, 1.807) is 0 Å². The van der Waals surface area contributed by atoms with Crippen molar-refractivity contribution in [2.45, 2.75) is 66.3 Å². The van der Waals surface area contributed by atoms with E-state index in [4.69, 9.17) is 0 Å². The van der Waals surface area contributed by atoms with Crippen LogP contribution in [0.25, 0.3) is 0 Å². The summed E-state index contributed by atoms with van der Waals surface area (Å²) in [7, 11) is 0. The smallest absolute Gasteiger partial charge is 0.460 e. The molecule has 0 aromatic heterocycles. The summed E-state index contributed by atoms with van der Waals surface area (Å²) in [5, 5.41) is 0. The first-order valence-electron chi connectivity index (χ1n) is 7.38. The van der Waals surface area contributed by atoms with E-state index in [-0.39, 0.29) is 6.92 Å². The minimum absolute atomic E-state index is 0.289. The van der Waals surface area contributed by atoms with Crippen LogP contribution >= 0.6 is 15.9 Å². The SMILES string of the molecule is CCOC(=O)C(C)(Br)CC(F)(F)C(F)(F)C(F)(F)C(F)(F)C(F)(F)C(F)(F)C(F)(F)F. The maximum absolute atomic E-state index is 13.8. The summed E-state index contributed by atoms with van der Waals surface area (Å²) in [6.07, 6.45) is -10.5. The van der Waals surface area contributed by atoms with Crippen molar-refractivity contribution in [3.63, 3.8) is 0 Å². The predicted molar refractivity (Wildman–Crippen MR) is 74.3 cm³/mol. The molecular formula is C13H10BrF15O2. The summed E-state index contributed by atoms with van der Waals surface area (Å²) in [4.78, 5) is 11.4. The first-order chi connectivity index (χ1) is 13.2. The molecule has 186 valence electrons. The van der Waals surface area contributed by atoms with Crippen molar-refractivity contribution in [2.24, 2.45) is 0 Å². The van der Waals surface area contributed by atoms with Crippen molar-refractivity contribution in [3.05, 3.63) is 0 Å². The minimum atomic E-state index is -8.36. The van der Waals surface area contributed by atoms with E-state index in [1.165, 1.54) is 0 Å². The van der Waals surface area contributed by atoms with Crippen molar-refractivity contribution in [3.8, 4) is 0 Å². The molecule has 0 radical (unpaired) electrons. The summed E-state index contributed by atoms with van der Waals surface area (Å²) >= 11 is 2.05. The molecule has 0 saturated heterocycles. The minimum Gasteiger partial charge on any atom is -0.465 e. The Hall–Kier alpha value is -1.10. The van der Waals surface area contributed by atoms with Crippen molar-refractivity contribution < 1.29 is 75.4 Å². The highest BCUT2D eigenvalue weighted by Gasteiger charge is 2.93. The van der Waals surface area contributed by atoms with Gasteiger partial charge < -0.3 is 4.74 Å². The number of hydrogen-bond acceptors (Lipinski definition) is 2. The van der Waals surface area contributed by atoms with E-state index in [0.717, 1.165) is 6.92 Å². The van der Waals surface area contributed by atoms with Crippen molar-refractivity contribution in [2.75, 3.05) is 6.61 Å². The number of ether oxygens (including phenoxy) is 1. The Morgan fingerprint density at radius 3 is 1.32 bits per heavy atom. The Balaban J connectivity index is 6.47. The number of halogens is 16. The fourth-order valence-corrected chi connectivity index (χ4v) is 2.35. The second-order valence-electron chi connectivity index (χ2n) is 6.17. The molecule has 0 bridgehead atoms. The van der Waals surface area contributed by atoms with E-state index in [1.807, 2.05) is 0 Å². The Bertz CT molecular complexity index is 668. The second-order valence-corrected chi connectivity index (χ2v) is 7.92. The molecule has 0 aliphatic carbocycles. The van der Waals surface area contributed by atoms with E-state index in [9.17, 15) is 70.7 Å². The van der Waals surface area contributed by atoms with Gasteiger partial charge in [0.05, 0.1) is 6.61 Å². The van der Waals surface area contributed by atoms with Gasteiger partial charge in [0.15, 0.2) is 0 Å². The van der Waals surface area contributed by atoms with Crippen LogP contribution < -0.4 is 0 Å². The lowest BCUT2D eigenvalue weighted by Gasteiger charge is -2.42. The molecule has 0 amide bonds. The molecule has 0 saturated carbocycles. The van der Waals surface area contributed by atoms with Gasteiger partial charge >= 0.3 is 47.7 Å². The Labute approximate surface area is 171 Å². The van der Waals surface area contributed by atoms with Crippen LogP contribution in [0.5, 0.6) is 0 Å². The molecule has 0 aromatic rings. The van der Waals surface area contributed by atoms with Gasteiger partial charge in [0.1, 0.15) is 4.32 Å². The molecule has 18 heteroatoms. The highest BCUT2D eigenvalue weighted by Crippen LogP contribution is 2.63. The molecule has 0 aliphatic rings. The van der Waals surface area contributed by atoms with Gasteiger partial charge in [-0.25, -0.2) is 0 Å². The molecule has 0 aromatic carbocycles. The third kappa shape index (κ3) is 4.54. The van der Waals surface area contributed by atoms with Crippen LogP contribution in [0.2, 0.25) is 0 Å². The zero-order valence-electron chi connectivity index (χ0n) is 14.8. The van der Waals surface area contributed by atoms with Gasteiger partial charge in [0, 0.05) is 6.42 Å². The fourth-order valence-electron chi connectivity index (χ4n) is 1.88. The van der Waals surface area contributed by atoms with Crippen LogP contribution in [0.15, 0.2) is 0 Å². The van der Waals surface area contributed by atoms with Crippen molar-refractivity contribution in [1.29, 1.82) is 0 Å². The van der Waals surface area contributed by atoms with Gasteiger partial charge in [0.25, 0.3) is 0 Å². The van der Waals surface area contributed by atoms with Crippen LogP contribution in [0.3, 0.4) is 0 Å². The summed E-state index contributed by atoms with van der Waals surface area (Å²) in [6.45, 7) is 0.762. The summed E-state index contributed by atoms with van der Waals surface area (Å²) in [5.74, 6) is -48.9. The van der Waals surface area contributed by atoms with E-state index in [0.29, 0.717) is 0 Å². The number of esters is 1. The maximum atomic E-state index is 13.8. The quantitative estimate of drug-likeness (QED) is 0.183. The molecule has 0 N–H and O–H groups in total. The monoisotopic (exact) mass is 562 g/mol. The van der Waals surface area contributed by atoms with E-state index >= 15 is 0 Å². The van der Waals surface area contributed by atoms with Crippen molar-refractivity contribution >= 4 is 21.9 Å². The lowest BCUT2D eigenvalue weighted by atomic mass is 9.88. The molecular weight excluding hydrogens is 553 g/mol. The molecule has 1 unspecified atom stereocenters. The molecule has 0 aliphatic heterocycles. The number of hydrogen-bond donors (Lipinski definition) is 0. The number of alkyl halides is 16. The van der Waals surface area contributed by atoms with Gasteiger partial charge in [-0.1, -0.05) is 15.9 Å². The Kier molecular flexibility index (Phi) is 7.75. The normalized spacial score (nSPS) is 17.4. The largest absolute Gasteiger partial charge is 0.465 e. The average molecular weight is 563 g/mol. The number of carbonyl (C=O) groups excluding carboxylic acids is 1. The standard InChI is InChI=1S/C13H10BrF15O2/c1-3-31-5(30)6(2,14)4-7(15,16)8(17,18)9(19,20)10(21,22)11(23,24)12(25,26)13(27,28)29/h3-4H2,1-2H3. The molecule has 0 rings (SSSR count). The summed E-state index contributed by atoms with van der Waals surface area (Å²) in [5.41, 5.74) is 0. The van der Waals surface area contributed by atoms with Gasteiger partial charge in [-0.05, 0) is 13.8 Å². The molecule has 31 heavy (non-hydrogen) atoms. The first-order valence-corrected chi connectivity index (χ1v) is 8.18. The third-order valence-electron chi connectivity index (χ3n) is 3.65. The zero-order chi connectivity index (χ0) is 25.7. The Morgan fingerprint density at radius 1 is 0.677 bits per heavy atom. The highest BCUT2D eigenvalue weighted by atomic mass is 79.9. The van der Waals surface area contributed by atoms with Gasteiger partial charge in [0.2, 0.25) is 0 Å². The molecule has 0 heterocycles. The average Bonchev–Trinajstić information content (AvgIpc) is 2.51. The van der Waals surface area contributed by atoms with Gasteiger partial charge in [-0.2, -0.15) is 65.9 Å². The van der Waals surface area contributed by atoms with Crippen LogP contribution in [-0.2, 0) is 9.53 Å². The second kappa shape index (κ2) is 8.04. The van der Waals surface area contributed by atoms with Crippen molar-refractivity contribution in [1.82, 2.24) is 0 Å². The number of rotatable bonds is 9. The van der Waals surface area contributed by atoms with E-state index < -0.39 is 65.0 Å². The third-order valence-corrected chi connectivity index (χ3v) is 4.25. The van der Waals surface area contributed by atoms with Gasteiger partial charge in [-0.15, -0.1) is 0 Å². The first kappa shape index (κ1) is 29.9. The van der Waals surface area contributed by atoms with Crippen LogP contribution in [0, 0.1) is 0 Å². The fraction of sp³-hybridized carbons (Fsp3) is 0.923. The summed E-state index contributed by atoms with van der Waals surface area (Å²) < 4.78 is 197. The van der Waals surface area contributed by atoms with Crippen LogP contribution in [0.1, 0.15) is 20.3 Å². The highest BCUT2D eigenvalue weighted by molar-refractivity contribution is 9.10. The van der Waals surface area contributed by atoms with E-state index in [2.05, 4.69) is 20.7 Å². The lowest BCUT2D eigenvalue weighted by Crippen LogP contribution is -2.72. The topological polar surface area (TPSA) is 26.3 Å². The Morgan fingerprint density at radius 2 is 1.00 bits per heavy atom. The molecule has 2 nitrogen and oxygen atoms in total. The lowest BCUT2D eigenvalue weighted by molar-refractivity contribution is -0.452. The van der Waals surface area contributed by atoms with Crippen LogP contribution in [0.4, 0.5) is 65.9 Å². The van der Waals surface area contributed by atoms with Crippen LogP contribution in [-0.4, -0.2) is 58.6 Å².